The van der Waals surface area contributed by atoms with Crippen molar-refractivity contribution in [1.29, 1.82) is 0 Å². The zero-order valence-electron chi connectivity index (χ0n) is 13.0. The molecule has 0 bridgehead atoms. The zero-order valence-corrected chi connectivity index (χ0v) is 15.4. The van der Waals surface area contributed by atoms with Crippen molar-refractivity contribution in [3.63, 3.8) is 0 Å². The molecule has 1 aliphatic rings. The lowest BCUT2D eigenvalue weighted by Gasteiger charge is -2.13. The molecule has 0 spiro atoms. The molecular formula is C14H20N4O2S3. The predicted molar refractivity (Wildman–Crippen MR) is 95.1 cm³/mol. The summed E-state index contributed by atoms with van der Waals surface area (Å²) in [4.78, 5) is 23.4. The van der Waals surface area contributed by atoms with Gasteiger partial charge in [-0.2, -0.15) is 0 Å². The summed E-state index contributed by atoms with van der Waals surface area (Å²) in [5.74, 6) is -0.174. The van der Waals surface area contributed by atoms with E-state index in [1.54, 1.807) is 0 Å². The van der Waals surface area contributed by atoms with Gasteiger partial charge in [0.1, 0.15) is 0 Å². The van der Waals surface area contributed by atoms with Crippen molar-refractivity contribution in [2.75, 3.05) is 18.6 Å². The first-order valence-corrected chi connectivity index (χ1v) is 10.5. The molecule has 2 N–H and O–H groups in total. The second kappa shape index (κ2) is 9.94. The molecule has 0 radical (unpaired) electrons. The third-order valence-corrected chi connectivity index (χ3v) is 6.29. The van der Waals surface area contributed by atoms with Crippen LogP contribution in [0.2, 0.25) is 0 Å². The molecule has 6 nitrogen and oxygen atoms in total. The highest BCUT2D eigenvalue weighted by atomic mass is 32.2. The SMILES string of the molecule is CSc1nnc(SCC(=O)NC(=O)NCCC2=CCCCC2)s1. The lowest BCUT2D eigenvalue weighted by Crippen LogP contribution is -2.40. The fourth-order valence-electron chi connectivity index (χ4n) is 2.14. The first kappa shape index (κ1) is 18.3. The van der Waals surface area contributed by atoms with Gasteiger partial charge in [0.05, 0.1) is 5.75 Å². The second-order valence-electron chi connectivity index (χ2n) is 4.99. The lowest BCUT2D eigenvalue weighted by molar-refractivity contribution is -0.117. The van der Waals surface area contributed by atoms with Crippen LogP contribution in [0.5, 0.6) is 0 Å². The minimum absolute atomic E-state index is 0.154. The Bertz CT molecular complexity index is 574. The van der Waals surface area contributed by atoms with Crippen LogP contribution in [0.3, 0.4) is 0 Å². The third-order valence-electron chi connectivity index (χ3n) is 3.26. The van der Waals surface area contributed by atoms with Crippen LogP contribution in [0, 0.1) is 0 Å². The Balaban J connectivity index is 1.60. The fraction of sp³-hybridized carbons (Fsp3) is 0.571. The van der Waals surface area contributed by atoms with Crippen LogP contribution in [-0.2, 0) is 4.79 Å². The van der Waals surface area contributed by atoms with Gasteiger partial charge in [-0.1, -0.05) is 46.5 Å². The van der Waals surface area contributed by atoms with Crippen molar-refractivity contribution in [2.24, 2.45) is 0 Å². The van der Waals surface area contributed by atoms with Gasteiger partial charge in [-0.3, -0.25) is 10.1 Å². The predicted octanol–water partition coefficient (Wildman–Crippen LogP) is 3.07. The van der Waals surface area contributed by atoms with Gasteiger partial charge in [0.15, 0.2) is 8.68 Å². The molecule has 0 saturated carbocycles. The first-order valence-electron chi connectivity index (χ1n) is 7.43. The normalized spacial score (nSPS) is 14.2. The Labute approximate surface area is 148 Å². The molecule has 126 valence electrons. The number of nitrogens with zero attached hydrogens (tertiary/aromatic N) is 2. The Morgan fingerprint density at radius 2 is 2.13 bits per heavy atom. The smallest absolute Gasteiger partial charge is 0.321 e. The summed E-state index contributed by atoms with van der Waals surface area (Å²) in [5.41, 5.74) is 1.40. The number of carbonyl (C=O) groups excluding carboxylic acids is 2. The molecule has 0 aliphatic heterocycles. The molecule has 0 unspecified atom stereocenters. The van der Waals surface area contributed by atoms with E-state index in [-0.39, 0.29) is 11.7 Å². The number of hydrogen-bond donors (Lipinski definition) is 2. The van der Waals surface area contributed by atoms with Crippen LogP contribution in [0.4, 0.5) is 4.79 Å². The number of allylic oxidation sites excluding steroid dienone is 1. The molecule has 1 aromatic rings. The van der Waals surface area contributed by atoms with Crippen molar-refractivity contribution in [2.45, 2.75) is 40.8 Å². The van der Waals surface area contributed by atoms with Gasteiger partial charge in [-0.05, 0) is 38.4 Å². The maximum atomic E-state index is 11.7. The highest BCUT2D eigenvalue weighted by molar-refractivity contribution is 8.03. The van der Waals surface area contributed by atoms with E-state index >= 15 is 0 Å². The summed E-state index contributed by atoms with van der Waals surface area (Å²) in [6.45, 7) is 0.561. The van der Waals surface area contributed by atoms with E-state index < -0.39 is 6.03 Å². The highest BCUT2D eigenvalue weighted by Gasteiger charge is 2.11. The molecule has 1 heterocycles. The van der Waals surface area contributed by atoms with E-state index in [4.69, 9.17) is 0 Å². The zero-order chi connectivity index (χ0) is 16.5. The number of urea groups is 1. The summed E-state index contributed by atoms with van der Waals surface area (Å²) >= 11 is 4.24. The van der Waals surface area contributed by atoms with Crippen molar-refractivity contribution in [3.05, 3.63) is 11.6 Å². The van der Waals surface area contributed by atoms with E-state index in [0.717, 1.165) is 27.9 Å². The number of thioether (sulfide) groups is 2. The van der Waals surface area contributed by atoms with Gasteiger partial charge in [-0.15, -0.1) is 10.2 Å². The molecule has 0 fully saturated rings. The maximum Gasteiger partial charge on any atom is 0.321 e. The van der Waals surface area contributed by atoms with Crippen LogP contribution in [0.25, 0.3) is 0 Å². The average molecular weight is 373 g/mol. The lowest BCUT2D eigenvalue weighted by atomic mass is 9.97. The van der Waals surface area contributed by atoms with Crippen molar-refractivity contribution in [3.8, 4) is 0 Å². The summed E-state index contributed by atoms with van der Waals surface area (Å²) in [6.07, 6.45) is 9.80. The second-order valence-corrected chi connectivity index (χ2v) is 8.24. The number of amides is 3. The monoisotopic (exact) mass is 372 g/mol. The van der Waals surface area contributed by atoms with E-state index in [0.29, 0.717) is 6.54 Å². The molecule has 1 aromatic heterocycles. The van der Waals surface area contributed by atoms with Crippen LogP contribution in [0.1, 0.15) is 32.1 Å². The number of carbonyl (C=O) groups is 2. The topological polar surface area (TPSA) is 84.0 Å². The Morgan fingerprint density at radius 1 is 1.30 bits per heavy atom. The Morgan fingerprint density at radius 3 is 2.83 bits per heavy atom. The number of imide groups is 1. The van der Waals surface area contributed by atoms with Crippen LogP contribution < -0.4 is 10.6 Å². The van der Waals surface area contributed by atoms with Crippen molar-refractivity contribution in [1.82, 2.24) is 20.8 Å². The summed E-state index contributed by atoms with van der Waals surface area (Å²) < 4.78 is 1.59. The Hall–Kier alpha value is -1.06. The van der Waals surface area contributed by atoms with E-state index in [2.05, 4.69) is 26.9 Å². The van der Waals surface area contributed by atoms with Crippen LogP contribution >= 0.6 is 34.9 Å². The molecule has 2 rings (SSSR count). The molecule has 23 heavy (non-hydrogen) atoms. The van der Waals surface area contributed by atoms with Gasteiger partial charge in [-0.25, -0.2) is 4.79 Å². The standard InChI is InChI=1S/C14H20N4O2S3/c1-21-13-17-18-14(23-13)22-9-11(19)16-12(20)15-8-7-10-5-3-2-4-6-10/h5H,2-4,6-9H2,1H3,(H2,15,16,19,20). The van der Waals surface area contributed by atoms with Crippen LogP contribution in [-0.4, -0.2) is 40.7 Å². The number of nitrogens with one attached hydrogen (secondary N) is 2. The molecule has 0 saturated heterocycles. The molecular weight excluding hydrogens is 352 g/mol. The summed E-state index contributed by atoms with van der Waals surface area (Å²) in [6, 6.07) is -0.436. The Kier molecular flexibility index (Phi) is 7.90. The number of rotatable bonds is 7. The first-order chi connectivity index (χ1) is 11.2. The molecule has 1 aliphatic carbocycles. The van der Waals surface area contributed by atoms with Gasteiger partial charge in [0.25, 0.3) is 0 Å². The van der Waals surface area contributed by atoms with Gasteiger partial charge >= 0.3 is 6.03 Å². The highest BCUT2D eigenvalue weighted by Crippen LogP contribution is 2.26. The fourth-order valence-corrected chi connectivity index (χ4v) is 4.38. The van der Waals surface area contributed by atoms with Gasteiger partial charge in [0, 0.05) is 6.54 Å². The third kappa shape index (κ3) is 6.92. The molecule has 0 atom stereocenters. The van der Waals surface area contributed by atoms with Gasteiger partial charge < -0.3 is 5.32 Å². The maximum absolute atomic E-state index is 11.7. The molecule has 9 heteroatoms. The minimum atomic E-state index is -0.436. The van der Waals surface area contributed by atoms with Gasteiger partial charge in [0.2, 0.25) is 5.91 Å². The molecule has 0 aromatic carbocycles. The number of aromatic nitrogens is 2. The quantitative estimate of drug-likeness (QED) is 0.565. The van der Waals surface area contributed by atoms with E-state index in [1.165, 1.54) is 53.3 Å². The summed E-state index contributed by atoms with van der Waals surface area (Å²) in [7, 11) is 0. The van der Waals surface area contributed by atoms with Crippen molar-refractivity contribution < 1.29 is 9.59 Å². The minimum Gasteiger partial charge on any atom is -0.337 e. The van der Waals surface area contributed by atoms with Crippen molar-refractivity contribution >= 4 is 46.8 Å². The average Bonchev–Trinajstić information content (AvgIpc) is 3.02. The number of hydrogen-bond acceptors (Lipinski definition) is 7. The largest absolute Gasteiger partial charge is 0.337 e. The summed E-state index contributed by atoms with van der Waals surface area (Å²) in [5, 5.41) is 13.0. The van der Waals surface area contributed by atoms with E-state index in [1.807, 2.05) is 6.26 Å². The van der Waals surface area contributed by atoms with E-state index in [9.17, 15) is 9.59 Å². The van der Waals surface area contributed by atoms with Crippen LogP contribution in [0.15, 0.2) is 20.3 Å². The molecule has 3 amide bonds.